The molecule has 0 bridgehead atoms. The molecule has 0 radical (unpaired) electrons. The lowest BCUT2D eigenvalue weighted by Crippen LogP contribution is -2.40. The predicted octanol–water partition coefficient (Wildman–Crippen LogP) is 2.94. The van der Waals surface area contributed by atoms with E-state index < -0.39 is 29.7 Å². The van der Waals surface area contributed by atoms with Crippen LogP contribution < -0.4 is 0 Å². The maximum Gasteiger partial charge on any atom is 0.433 e. The molecule has 11 heteroatoms. The molecule has 1 aliphatic heterocycles. The van der Waals surface area contributed by atoms with Crippen LogP contribution in [0.5, 0.6) is 0 Å². The number of alkyl halides is 3. The second kappa shape index (κ2) is 6.90. The number of halogens is 3. The number of likely N-dealkylation sites (tertiary alicyclic amines) is 1. The topological polar surface area (TPSA) is 101 Å². The molecule has 1 fully saturated rings. The van der Waals surface area contributed by atoms with E-state index in [1.165, 1.54) is 29.4 Å². The van der Waals surface area contributed by atoms with Crippen molar-refractivity contribution in [2.75, 3.05) is 13.1 Å². The van der Waals surface area contributed by atoms with E-state index in [1.807, 2.05) is 0 Å². The number of amides is 1. The van der Waals surface area contributed by atoms with Crippen molar-refractivity contribution in [1.29, 1.82) is 0 Å². The van der Waals surface area contributed by atoms with Crippen LogP contribution in [-0.4, -0.2) is 49.6 Å². The van der Waals surface area contributed by atoms with Crippen LogP contribution in [0, 0.1) is 5.92 Å². The van der Waals surface area contributed by atoms with Gasteiger partial charge in [-0.2, -0.15) is 18.3 Å². The number of carboxylic acid groups (broad SMARTS) is 1. The van der Waals surface area contributed by atoms with Crippen LogP contribution in [0.3, 0.4) is 0 Å². The number of rotatable bonds is 3. The largest absolute Gasteiger partial charge is 0.481 e. The summed E-state index contributed by atoms with van der Waals surface area (Å²) in [5, 5.41) is 12.9. The summed E-state index contributed by atoms with van der Waals surface area (Å²) in [5.41, 5.74) is -1.45. The van der Waals surface area contributed by atoms with Crippen molar-refractivity contribution in [3.63, 3.8) is 0 Å². The molecule has 0 atom stereocenters. The van der Waals surface area contributed by atoms with Crippen molar-refractivity contribution in [2.24, 2.45) is 5.92 Å². The van der Waals surface area contributed by atoms with E-state index >= 15 is 0 Å². The lowest BCUT2D eigenvalue weighted by molar-refractivity contribution is -0.143. The van der Waals surface area contributed by atoms with Crippen molar-refractivity contribution < 1.29 is 32.3 Å². The Balaban J connectivity index is 1.70. The molecular formula is C18H15F3N4O4. The number of fused-ring (bicyclic) bond motifs is 1. The third-order valence-electron chi connectivity index (χ3n) is 4.84. The molecule has 0 saturated carbocycles. The summed E-state index contributed by atoms with van der Waals surface area (Å²) in [6.07, 6.45) is -2.85. The van der Waals surface area contributed by atoms with Gasteiger partial charge in [0, 0.05) is 19.2 Å². The van der Waals surface area contributed by atoms with Crippen molar-refractivity contribution in [1.82, 2.24) is 19.5 Å². The van der Waals surface area contributed by atoms with Gasteiger partial charge in [0.1, 0.15) is 5.69 Å². The number of carbonyl (C=O) groups excluding carboxylic acids is 1. The Morgan fingerprint density at radius 3 is 2.52 bits per heavy atom. The average molecular weight is 408 g/mol. The zero-order valence-corrected chi connectivity index (χ0v) is 14.9. The zero-order chi connectivity index (χ0) is 20.8. The van der Waals surface area contributed by atoms with Crippen molar-refractivity contribution in [3.8, 4) is 11.5 Å². The number of piperidine rings is 1. The first-order chi connectivity index (χ1) is 13.7. The summed E-state index contributed by atoms with van der Waals surface area (Å²) in [6.45, 7) is 0.391. The van der Waals surface area contributed by atoms with Gasteiger partial charge in [0.05, 0.1) is 12.2 Å². The van der Waals surface area contributed by atoms with E-state index in [9.17, 15) is 22.8 Å². The number of aromatic nitrogens is 3. The van der Waals surface area contributed by atoms with Crippen LogP contribution in [0.4, 0.5) is 13.2 Å². The van der Waals surface area contributed by atoms with Crippen LogP contribution in [0.2, 0.25) is 0 Å². The van der Waals surface area contributed by atoms with E-state index in [4.69, 9.17) is 9.52 Å². The van der Waals surface area contributed by atoms with Crippen LogP contribution in [0.1, 0.15) is 29.0 Å². The monoisotopic (exact) mass is 408 g/mol. The molecule has 8 nitrogen and oxygen atoms in total. The highest BCUT2D eigenvalue weighted by atomic mass is 19.4. The third kappa shape index (κ3) is 3.55. The van der Waals surface area contributed by atoms with Crippen LogP contribution >= 0.6 is 0 Å². The zero-order valence-electron chi connectivity index (χ0n) is 14.9. The summed E-state index contributed by atoms with van der Waals surface area (Å²) in [5.74, 6) is -1.86. The summed E-state index contributed by atoms with van der Waals surface area (Å²) in [6, 6.07) is 5.01. The Hall–Kier alpha value is -3.37. The SMILES string of the molecule is O=C(O)C1CCN(C(=O)c2cc3nc(-c4ccco4)cc(C(F)(F)F)n3n2)CC1. The van der Waals surface area contributed by atoms with Gasteiger partial charge in [-0.15, -0.1) is 0 Å². The number of furan rings is 1. The molecular weight excluding hydrogens is 393 g/mol. The molecule has 152 valence electrons. The van der Waals surface area contributed by atoms with E-state index in [2.05, 4.69) is 10.1 Å². The standard InChI is InChI=1S/C18H15F3N4O4/c19-18(20,21)14-8-11(13-2-1-7-29-13)22-15-9-12(23-25(14)15)16(26)24-5-3-10(4-6-24)17(27)28/h1-2,7-10H,3-6H2,(H,27,28). The first kappa shape index (κ1) is 19.0. The summed E-state index contributed by atoms with van der Waals surface area (Å²) in [7, 11) is 0. The molecule has 29 heavy (non-hydrogen) atoms. The van der Waals surface area contributed by atoms with Gasteiger partial charge in [0.25, 0.3) is 5.91 Å². The maximum absolute atomic E-state index is 13.6. The quantitative estimate of drug-likeness (QED) is 0.715. The van der Waals surface area contributed by atoms with Gasteiger partial charge >= 0.3 is 12.1 Å². The summed E-state index contributed by atoms with van der Waals surface area (Å²) < 4.78 is 46.4. The Kier molecular flexibility index (Phi) is 4.52. The third-order valence-corrected chi connectivity index (χ3v) is 4.84. The van der Waals surface area contributed by atoms with Crippen molar-refractivity contribution >= 4 is 17.5 Å². The summed E-state index contributed by atoms with van der Waals surface area (Å²) in [4.78, 5) is 29.3. The Bertz CT molecular complexity index is 1070. The molecule has 1 aliphatic rings. The molecule has 0 aromatic carbocycles. The van der Waals surface area contributed by atoms with E-state index in [0.29, 0.717) is 4.52 Å². The van der Waals surface area contributed by atoms with Crippen LogP contribution in [-0.2, 0) is 11.0 Å². The van der Waals surface area contributed by atoms with E-state index in [0.717, 1.165) is 6.07 Å². The van der Waals surface area contributed by atoms with Gasteiger partial charge in [-0.1, -0.05) is 0 Å². The fraction of sp³-hybridized carbons (Fsp3) is 0.333. The molecule has 1 N–H and O–H groups in total. The van der Waals surface area contributed by atoms with Gasteiger partial charge in [-0.05, 0) is 31.0 Å². The highest BCUT2D eigenvalue weighted by molar-refractivity contribution is 5.93. The minimum Gasteiger partial charge on any atom is -0.481 e. The molecule has 4 heterocycles. The van der Waals surface area contributed by atoms with E-state index in [1.54, 1.807) is 0 Å². The normalized spacial score (nSPS) is 15.8. The lowest BCUT2D eigenvalue weighted by atomic mass is 9.97. The van der Waals surface area contributed by atoms with Gasteiger partial charge in [0.2, 0.25) is 0 Å². The number of carbonyl (C=O) groups is 2. The number of hydrogen-bond donors (Lipinski definition) is 1. The maximum atomic E-state index is 13.6. The second-order valence-corrected chi connectivity index (χ2v) is 6.71. The minimum absolute atomic E-state index is 0.0315. The Labute approximate surface area is 161 Å². The smallest absolute Gasteiger partial charge is 0.433 e. The predicted molar refractivity (Wildman–Crippen MR) is 92.0 cm³/mol. The first-order valence-corrected chi connectivity index (χ1v) is 8.78. The number of aliphatic carboxylic acids is 1. The molecule has 3 aromatic heterocycles. The molecule has 1 saturated heterocycles. The molecule has 0 spiro atoms. The Morgan fingerprint density at radius 1 is 1.21 bits per heavy atom. The average Bonchev–Trinajstić information content (AvgIpc) is 3.35. The van der Waals surface area contributed by atoms with Crippen molar-refractivity contribution in [3.05, 3.63) is 41.9 Å². The van der Waals surface area contributed by atoms with Crippen LogP contribution in [0.25, 0.3) is 17.1 Å². The van der Waals surface area contributed by atoms with Crippen molar-refractivity contribution in [2.45, 2.75) is 19.0 Å². The van der Waals surface area contributed by atoms with Gasteiger partial charge in [0.15, 0.2) is 22.8 Å². The van der Waals surface area contributed by atoms with E-state index in [-0.39, 0.29) is 48.7 Å². The molecule has 0 unspecified atom stereocenters. The van der Waals surface area contributed by atoms with Gasteiger partial charge in [-0.25, -0.2) is 9.50 Å². The molecule has 3 aromatic rings. The minimum atomic E-state index is -4.73. The fourth-order valence-electron chi connectivity index (χ4n) is 3.32. The van der Waals surface area contributed by atoms with Gasteiger partial charge in [-0.3, -0.25) is 9.59 Å². The molecule has 4 rings (SSSR count). The highest BCUT2D eigenvalue weighted by Gasteiger charge is 2.36. The highest BCUT2D eigenvalue weighted by Crippen LogP contribution is 2.32. The number of nitrogens with zero attached hydrogens (tertiary/aromatic N) is 4. The van der Waals surface area contributed by atoms with Gasteiger partial charge < -0.3 is 14.4 Å². The molecule has 1 amide bonds. The number of carboxylic acids is 1. The summed E-state index contributed by atoms with van der Waals surface area (Å²) >= 11 is 0. The first-order valence-electron chi connectivity index (χ1n) is 8.78. The Morgan fingerprint density at radius 2 is 1.93 bits per heavy atom. The number of hydrogen-bond acceptors (Lipinski definition) is 5. The fourth-order valence-corrected chi connectivity index (χ4v) is 3.32. The lowest BCUT2D eigenvalue weighted by Gasteiger charge is -2.29. The van der Waals surface area contributed by atoms with Crippen LogP contribution in [0.15, 0.2) is 34.9 Å². The molecule has 0 aliphatic carbocycles. The second-order valence-electron chi connectivity index (χ2n) is 6.71.